The Morgan fingerprint density at radius 2 is 0.581 bits per heavy atom. The van der Waals surface area contributed by atoms with Gasteiger partial charge in [0.15, 0.2) is 0 Å². The molecule has 0 aliphatic rings. The van der Waals surface area contributed by atoms with E-state index in [0.29, 0.717) is 23.0 Å². The van der Waals surface area contributed by atoms with Crippen LogP contribution in [-0.2, 0) is 44.0 Å². The molecule has 74 heavy (non-hydrogen) atoms. The molecule has 4 nitrogen and oxygen atoms in total. The molecule has 0 radical (unpaired) electrons. The highest BCUT2D eigenvalue weighted by Crippen LogP contribution is 2.46. The molecule has 0 fully saturated rings. The second-order valence-electron chi connectivity index (χ2n) is 27.1. The monoisotopic (exact) mass is 1020 g/mol. The van der Waals surface area contributed by atoms with Crippen molar-refractivity contribution in [3.05, 3.63) is 166 Å². The third kappa shape index (κ3) is 10.1. The van der Waals surface area contributed by atoms with Crippen LogP contribution in [0.25, 0.3) is 55.0 Å². The summed E-state index contributed by atoms with van der Waals surface area (Å²) in [5, 5.41) is 30.1. The molecule has 7 aromatic carbocycles. The number of rotatable bonds is 8. The second kappa shape index (κ2) is 18.6. The normalized spacial score (nSPS) is 13.3. The van der Waals surface area contributed by atoms with Gasteiger partial charge in [-0.05, 0) is 139 Å². The predicted molar refractivity (Wildman–Crippen MR) is 323 cm³/mol. The van der Waals surface area contributed by atoms with Gasteiger partial charge in [0, 0.05) is 54.0 Å². The van der Waals surface area contributed by atoms with Crippen molar-refractivity contribution in [3.63, 3.8) is 0 Å². The zero-order valence-corrected chi connectivity index (χ0v) is 49.2. The SMILES string of the molecule is CC(C)(C)c1cc(CSc2ccccc2SCc2cc(C(C)(C)C)cc(-n3c4ccc(C(C)(C)C)cc4c4cc(C(C)(C)C)ccc43)c2O)c(O)c(-n2c3ccc(C(C)(C)C)cc3c3cc(C(C)(C)C)ccc32)c1. The molecular weight excluding hydrogens is 941 g/mol. The van der Waals surface area contributed by atoms with E-state index < -0.39 is 0 Å². The molecule has 0 saturated carbocycles. The summed E-state index contributed by atoms with van der Waals surface area (Å²) in [5.41, 5.74) is 14.9. The zero-order valence-electron chi connectivity index (χ0n) is 47.6. The molecule has 2 aromatic heterocycles. The molecule has 0 atom stereocenters. The van der Waals surface area contributed by atoms with Gasteiger partial charge in [-0.2, -0.15) is 0 Å². The molecule has 0 unspecified atom stereocenters. The van der Waals surface area contributed by atoms with Gasteiger partial charge in [0.2, 0.25) is 0 Å². The summed E-state index contributed by atoms with van der Waals surface area (Å²) in [6, 6.07) is 44.9. The quantitative estimate of drug-likeness (QED) is 0.149. The lowest BCUT2D eigenvalue weighted by Crippen LogP contribution is -2.13. The van der Waals surface area contributed by atoms with Crippen LogP contribution in [0.2, 0.25) is 0 Å². The number of thioether (sulfide) groups is 2. The number of nitrogens with zero attached hydrogens (tertiary/aromatic N) is 2. The average molecular weight is 1020 g/mol. The number of hydrogen-bond donors (Lipinski definition) is 2. The van der Waals surface area contributed by atoms with Crippen LogP contribution in [0.5, 0.6) is 11.5 Å². The van der Waals surface area contributed by atoms with Gasteiger partial charge in [0.05, 0.1) is 33.4 Å². The van der Waals surface area contributed by atoms with E-state index in [1.165, 1.54) is 54.9 Å². The van der Waals surface area contributed by atoms with E-state index in [1.54, 1.807) is 23.5 Å². The fourth-order valence-corrected chi connectivity index (χ4v) is 12.4. The third-order valence-electron chi connectivity index (χ3n) is 15.2. The lowest BCUT2D eigenvalue weighted by molar-refractivity contribution is 0.466. The van der Waals surface area contributed by atoms with Gasteiger partial charge in [-0.1, -0.05) is 173 Å². The highest BCUT2D eigenvalue weighted by Gasteiger charge is 2.28. The van der Waals surface area contributed by atoms with Crippen LogP contribution in [0.4, 0.5) is 0 Å². The summed E-state index contributed by atoms with van der Waals surface area (Å²) < 4.78 is 4.59. The molecule has 0 aliphatic heterocycles. The van der Waals surface area contributed by atoms with Crippen LogP contribution in [0.3, 0.4) is 0 Å². The number of phenolic OH excluding ortho intramolecular Hbond substituents is 2. The Balaban J connectivity index is 1.10. The topological polar surface area (TPSA) is 50.3 Å². The number of phenols is 2. The van der Waals surface area contributed by atoms with Gasteiger partial charge >= 0.3 is 0 Å². The predicted octanol–water partition coefficient (Wildman–Crippen LogP) is 19.7. The van der Waals surface area contributed by atoms with Crippen molar-refractivity contribution in [3.8, 4) is 22.9 Å². The number of benzene rings is 7. The van der Waals surface area contributed by atoms with Crippen LogP contribution >= 0.6 is 23.5 Å². The lowest BCUT2D eigenvalue weighted by atomic mass is 9.85. The molecular formula is C68H80N2O2S2. The van der Waals surface area contributed by atoms with E-state index in [0.717, 1.165) is 54.4 Å². The maximum Gasteiger partial charge on any atom is 0.143 e. The van der Waals surface area contributed by atoms with E-state index in [4.69, 9.17) is 0 Å². The van der Waals surface area contributed by atoms with E-state index in [2.05, 4.69) is 255 Å². The number of aromatic hydroxyl groups is 2. The lowest BCUT2D eigenvalue weighted by Gasteiger charge is -2.24. The van der Waals surface area contributed by atoms with E-state index >= 15 is 0 Å². The first kappa shape index (κ1) is 53.3. The fraction of sp³-hybridized carbons (Fsp3) is 0.382. The molecule has 0 aliphatic carbocycles. The summed E-state index contributed by atoms with van der Waals surface area (Å²) in [5.74, 6) is 1.77. The van der Waals surface area contributed by atoms with Crippen LogP contribution in [0.15, 0.2) is 131 Å². The Bertz CT molecular complexity index is 3250. The number of hydrogen-bond acceptors (Lipinski definition) is 4. The molecule has 2 N–H and O–H groups in total. The second-order valence-corrected chi connectivity index (χ2v) is 29.2. The van der Waals surface area contributed by atoms with Gasteiger partial charge in [0.25, 0.3) is 0 Å². The highest BCUT2D eigenvalue weighted by atomic mass is 32.2. The van der Waals surface area contributed by atoms with Gasteiger partial charge in [0.1, 0.15) is 11.5 Å². The van der Waals surface area contributed by atoms with Crippen LogP contribution in [0, 0.1) is 0 Å². The van der Waals surface area contributed by atoms with Crippen molar-refractivity contribution < 1.29 is 10.2 Å². The van der Waals surface area contributed by atoms with Crippen LogP contribution < -0.4 is 0 Å². The Morgan fingerprint density at radius 3 is 0.824 bits per heavy atom. The number of aromatic nitrogens is 2. The third-order valence-corrected chi connectivity index (χ3v) is 17.5. The molecule has 386 valence electrons. The Morgan fingerprint density at radius 1 is 0.324 bits per heavy atom. The largest absolute Gasteiger partial charge is 0.505 e. The minimum absolute atomic E-state index is 0.0151. The maximum atomic E-state index is 12.6. The maximum absolute atomic E-state index is 12.6. The van der Waals surface area contributed by atoms with E-state index in [9.17, 15) is 10.2 Å². The summed E-state index contributed by atoms with van der Waals surface area (Å²) in [6.07, 6.45) is 0. The van der Waals surface area contributed by atoms with Crippen molar-refractivity contribution in [2.45, 2.75) is 178 Å². The van der Waals surface area contributed by atoms with E-state index in [-0.39, 0.29) is 32.5 Å². The summed E-state index contributed by atoms with van der Waals surface area (Å²) in [4.78, 5) is 2.28. The van der Waals surface area contributed by atoms with Crippen LogP contribution in [-0.4, -0.2) is 19.3 Å². The Labute approximate surface area is 451 Å². The first-order valence-corrected chi connectivity index (χ1v) is 28.5. The van der Waals surface area contributed by atoms with E-state index in [1.807, 2.05) is 0 Å². The highest BCUT2D eigenvalue weighted by molar-refractivity contribution is 8.01. The molecule has 6 heteroatoms. The Kier molecular flexibility index (Phi) is 13.4. The first-order chi connectivity index (χ1) is 34.3. The minimum atomic E-state index is -0.167. The summed E-state index contributed by atoms with van der Waals surface area (Å²) >= 11 is 3.51. The molecule has 0 saturated heterocycles. The smallest absolute Gasteiger partial charge is 0.143 e. The van der Waals surface area contributed by atoms with Crippen molar-refractivity contribution in [2.75, 3.05) is 0 Å². The van der Waals surface area contributed by atoms with Crippen molar-refractivity contribution >= 4 is 67.1 Å². The van der Waals surface area contributed by atoms with Crippen molar-refractivity contribution in [1.82, 2.24) is 9.13 Å². The van der Waals surface area contributed by atoms with Gasteiger partial charge < -0.3 is 19.3 Å². The molecule has 2 heterocycles. The molecule has 9 aromatic rings. The molecule has 0 spiro atoms. The van der Waals surface area contributed by atoms with Crippen LogP contribution in [0.1, 0.15) is 169 Å². The average Bonchev–Trinajstić information content (AvgIpc) is 3.80. The standard InChI is InChI=1S/C68H80N2O2S2/c1-63(2,3)43-23-27-53-49(33-43)50-34-44(64(4,5)6)24-28-54(50)69(53)57-37-47(67(13,14)15)31-41(61(57)71)39-73-59-21-19-20-22-60(59)74-40-42-32-48(68(16,17)18)38-58(62(42)72)70-55-29-25-45(65(7,8)9)35-51(55)52-36-46(66(10,11)12)26-30-56(52)70/h19-38,71-72H,39-40H2,1-18H3. The fourth-order valence-electron chi connectivity index (χ4n) is 10.2. The summed E-state index contributed by atoms with van der Waals surface area (Å²) in [6.45, 7) is 40.8. The van der Waals surface area contributed by atoms with Gasteiger partial charge in [-0.3, -0.25) is 0 Å². The minimum Gasteiger partial charge on any atom is -0.505 e. The molecule has 0 bridgehead atoms. The van der Waals surface area contributed by atoms with Crippen molar-refractivity contribution in [2.24, 2.45) is 0 Å². The summed E-state index contributed by atoms with van der Waals surface area (Å²) in [7, 11) is 0. The Hall–Kier alpha value is -5.56. The van der Waals surface area contributed by atoms with Gasteiger partial charge in [-0.25, -0.2) is 0 Å². The molecule has 0 amide bonds. The van der Waals surface area contributed by atoms with Gasteiger partial charge in [-0.15, -0.1) is 23.5 Å². The molecule has 9 rings (SSSR count). The first-order valence-electron chi connectivity index (χ1n) is 26.6. The zero-order chi connectivity index (χ0) is 53.8. The number of fused-ring (bicyclic) bond motifs is 6. The van der Waals surface area contributed by atoms with Crippen molar-refractivity contribution in [1.29, 1.82) is 0 Å².